The molecular weight excluding hydrogens is 457 g/mol. The van der Waals surface area contributed by atoms with Crippen molar-refractivity contribution in [3.63, 3.8) is 0 Å². The van der Waals surface area contributed by atoms with Gasteiger partial charge in [-0.1, -0.05) is 31.4 Å². The first kappa shape index (κ1) is 24.8. The number of nitrogens with zero attached hydrogens (tertiary/aromatic N) is 2. The summed E-state index contributed by atoms with van der Waals surface area (Å²) >= 11 is 6.72. The van der Waals surface area contributed by atoms with Crippen LogP contribution in [0.25, 0.3) is 11.3 Å². The quantitative estimate of drug-likeness (QED) is 0.473. The first-order valence-electron chi connectivity index (χ1n) is 12.3. The Morgan fingerprint density at radius 2 is 2.03 bits per heavy atom. The summed E-state index contributed by atoms with van der Waals surface area (Å²) in [6, 6.07) is 5.42. The molecule has 186 valence electrons. The van der Waals surface area contributed by atoms with E-state index in [4.69, 9.17) is 21.1 Å². The molecule has 2 fully saturated rings. The molecular formula is C26H35ClFN3O3. The van der Waals surface area contributed by atoms with Gasteiger partial charge in [-0.3, -0.25) is 9.48 Å². The van der Waals surface area contributed by atoms with Crippen LogP contribution in [-0.2, 0) is 6.54 Å². The van der Waals surface area contributed by atoms with Crippen LogP contribution in [0.2, 0.25) is 5.02 Å². The fourth-order valence-electron chi connectivity index (χ4n) is 4.73. The molecule has 1 heterocycles. The minimum absolute atomic E-state index is 0.0766. The number of aromatic nitrogens is 2. The molecule has 1 aromatic carbocycles. The van der Waals surface area contributed by atoms with Gasteiger partial charge in [-0.2, -0.15) is 5.10 Å². The van der Waals surface area contributed by atoms with Crippen molar-refractivity contribution in [1.29, 1.82) is 0 Å². The van der Waals surface area contributed by atoms with Crippen LogP contribution in [0, 0.1) is 17.8 Å². The molecule has 1 N–H and O–H groups in total. The molecule has 2 saturated carbocycles. The van der Waals surface area contributed by atoms with Gasteiger partial charge in [0.2, 0.25) is 0 Å². The molecule has 2 aromatic rings. The molecule has 4 rings (SSSR count). The van der Waals surface area contributed by atoms with Crippen molar-refractivity contribution >= 4 is 17.5 Å². The number of amides is 1. The van der Waals surface area contributed by atoms with E-state index in [2.05, 4.69) is 17.3 Å². The summed E-state index contributed by atoms with van der Waals surface area (Å²) in [4.78, 5) is 12.9. The van der Waals surface area contributed by atoms with E-state index < -0.39 is 5.67 Å². The van der Waals surface area contributed by atoms with Crippen molar-refractivity contribution in [2.24, 2.45) is 17.8 Å². The largest absolute Gasteiger partial charge is 0.496 e. The van der Waals surface area contributed by atoms with Crippen LogP contribution >= 0.6 is 11.6 Å². The maximum absolute atomic E-state index is 13.8. The van der Waals surface area contributed by atoms with Gasteiger partial charge in [0.05, 0.1) is 24.4 Å². The fraction of sp³-hybridized carbons (Fsp3) is 0.615. The molecule has 8 heteroatoms. The molecule has 34 heavy (non-hydrogen) atoms. The summed E-state index contributed by atoms with van der Waals surface area (Å²) in [5, 5.41) is 7.84. The molecule has 2 aliphatic carbocycles. The van der Waals surface area contributed by atoms with Crippen LogP contribution in [0.15, 0.2) is 18.2 Å². The lowest BCUT2D eigenvalue weighted by Gasteiger charge is -2.26. The predicted octanol–water partition coefficient (Wildman–Crippen LogP) is 5.92. The van der Waals surface area contributed by atoms with E-state index in [-0.39, 0.29) is 17.5 Å². The highest BCUT2D eigenvalue weighted by molar-refractivity contribution is 6.36. The molecule has 6 nitrogen and oxygen atoms in total. The van der Waals surface area contributed by atoms with E-state index in [1.165, 1.54) is 12.8 Å². The van der Waals surface area contributed by atoms with Crippen LogP contribution in [0.3, 0.4) is 0 Å². The van der Waals surface area contributed by atoms with Crippen molar-refractivity contribution in [3.8, 4) is 22.8 Å². The zero-order chi connectivity index (χ0) is 24.5. The lowest BCUT2D eigenvalue weighted by molar-refractivity contribution is 0.0936. The van der Waals surface area contributed by atoms with Gasteiger partial charge in [-0.25, -0.2) is 4.39 Å². The second-order valence-corrected chi connectivity index (χ2v) is 10.4. The van der Waals surface area contributed by atoms with Crippen LogP contribution in [0.4, 0.5) is 4.39 Å². The molecule has 0 aliphatic heterocycles. The van der Waals surface area contributed by atoms with Gasteiger partial charge in [-0.05, 0) is 57.1 Å². The van der Waals surface area contributed by atoms with Crippen molar-refractivity contribution in [2.75, 3.05) is 20.3 Å². The summed E-state index contributed by atoms with van der Waals surface area (Å²) < 4.78 is 26.9. The molecule has 2 aliphatic rings. The van der Waals surface area contributed by atoms with Gasteiger partial charge in [0, 0.05) is 30.6 Å². The summed E-state index contributed by atoms with van der Waals surface area (Å²) in [5.74, 6) is 2.10. The summed E-state index contributed by atoms with van der Waals surface area (Å²) in [7, 11) is 1.57. The Balaban J connectivity index is 1.50. The summed E-state index contributed by atoms with van der Waals surface area (Å²) in [5.41, 5.74) is 0.442. The number of alkyl halides is 1. The molecule has 1 unspecified atom stereocenters. The zero-order valence-electron chi connectivity index (χ0n) is 20.5. The number of aryl methyl sites for hydroxylation is 1. The maximum atomic E-state index is 13.8. The number of ether oxygens (including phenoxy) is 2. The van der Waals surface area contributed by atoms with Gasteiger partial charge in [-0.15, -0.1) is 0 Å². The molecule has 1 aromatic heterocycles. The Morgan fingerprint density at radius 1 is 1.32 bits per heavy atom. The molecule has 0 spiro atoms. The smallest absolute Gasteiger partial charge is 0.273 e. The number of hydrogen-bond donors (Lipinski definition) is 1. The third-order valence-electron chi connectivity index (χ3n) is 7.31. The van der Waals surface area contributed by atoms with E-state index in [9.17, 15) is 9.18 Å². The van der Waals surface area contributed by atoms with Crippen molar-refractivity contribution in [3.05, 3.63) is 28.9 Å². The van der Waals surface area contributed by atoms with Crippen LogP contribution in [0.5, 0.6) is 11.5 Å². The van der Waals surface area contributed by atoms with Crippen LogP contribution in [-0.4, -0.2) is 41.6 Å². The van der Waals surface area contributed by atoms with Gasteiger partial charge in [0.15, 0.2) is 5.69 Å². The fourth-order valence-corrected chi connectivity index (χ4v) is 5.06. The second-order valence-electron chi connectivity index (χ2n) is 10.0. The predicted molar refractivity (Wildman–Crippen MR) is 131 cm³/mol. The summed E-state index contributed by atoms with van der Waals surface area (Å²) in [6.45, 7) is 7.35. The molecule has 0 saturated heterocycles. The Bertz CT molecular complexity index is 1030. The van der Waals surface area contributed by atoms with Gasteiger partial charge >= 0.3 is 0 Å². The number of methoxy groups -OCH3 is 1. The second kappa shape index (κ2) is 10.1. The average Bonchev–Trinajstić information content (AvgIpc) is 3.30. The molecule has 0 radical (unpaired) electrons. The highest BCUT2D eigenvalue weighted by Gasteiger charge is 2.51. The van der Waals surface area contributed by atoms with E-state index >= 15 is 0 Å². The van der Waals surface area contributed by atoms with E-state index in [0.29, 0.717) is 54.3 Å². The topological polar surface area (TPSA) is 65.4 Å². The Morgan fingerprint density at radius 3 is 2.65 bits per heavy atom. The third-order valence-corrected chi connectivity index (χ3v) is 7.67. The number of carbonyl (C=O) groups excluding carboxylic acids is 1. The molecule has 2 atom stereocenters. The SMILES string of the molecule is CCn1nc(C(=O)NCC2CCC(C)CC2)c(Cl)c1-c1ccc(OC[C@H]2CC2(C)F)cc1OC. The highest BCUT2D eigenvalue weighted by atomic mass is 35.5. The first-order chi connectivity index (χ1) is 16.2. The minimum atomic E-state index is -1.13. The number of halogens is 2. The van der Waals surface area contributed by atoms with E-state index in [1.54, 1.807) is 24.8 Å². The van der Waals surface area contributed by atoms with Gasteiger partial charge < -0.3 is 14.8 Å². The van der Waals surface area contributed by atoms with Crippen molar-refractivity contribution < 1.29 is 18.7 Å². The Kier molecular flexibility index (Phi) is 7.41. The first-order valence-corrected chi connectivity index (χ1v) is 12.7. The Hall–Kier alpha value is -2.28. The van der Waals surface area contributed by atoms with Gasteiger partial charge in [0.25, 0.3) is 5.91 Å². The monoisotopic (exact) mass is 491 g/mol. The van der Waals surface area contributed by atoms with E-state index in [0.717, 1.165) is 24.3 Å². The minimum Gasteiger partial charge on any atom is -0.496 e. The lowest BCUT2D eigenvalue weighted by atomic mass is 9.83. The molecule has 1 amide bonds. The van der Waals surface area contributed by atoms with Crippen molar-refractivity contribution in [1.82, 2.24) is 15.1 Å². The van der Waals surface area contributed by atoms with E-state index in [1.807, 2.05) is 19.1 Å². The Labute approximate surface area is 206 Å². The highest BCUT2D eigenvalue weighted by Crippen LogP contribution is 2.47. The number of hydrogen-bond acceptors (Lipinski definition) is 4. The third kappa shape index (κ3) is 5.35. The number of benzene rings is 1. The normalized spacial score (nSPS) is 26.2. The number of carbonyl (C=O) groups is 1. The molecule has 0 bridgehead atoms. The van der Waals surface area contributed by atoms with Crippen LogP contribution < -0.4 is 14.8 Å². The zero-order valence-corrected chi connectivity index (χ0v) is 21.3. The number of nitrogens with one attached hydrogen (secondary N) is 1. The van der Waals surface area contributed by atoms with Gasteiger partial charge in [0.1, 0.15) is 17.2 Å². The van der Waals surface area contributed by atoms with Crippen molar-refractivity contribution in [2.45, 2.75) is 65.1 Å². The number of rotatable bonds is 9. The van der Waals surface area contributed by atoms with Crippen LogP contribution in [0.1, 0.15) is 63.4 Å². The standard InChI is InChI=1S/C26H35ClFN3O3/c1-5-31-24(20-11-10-19(12-21(20)33-4)34-15-18-13-26(18,3)28)22(27)23(30-31)25(32)29-14-17-8-6-16(2)7-9-17/h10-12,16-18H,5-9,13-15H2,1-4H3,(H,29,32)/t16?,17?,18-,26?/m1/s1. The summed E-state index contributed by atoms with van der Waals surface area (Å²) in [6.07, 6.45) is 5.23. The average molecular weight is 492 g/mol. The maximum Gasteiger partial charge on any atom is 0.273 e. The lowest BCUT2D eigenvalue weighted by Crippen LogP contribution is -2.31.